The summed E-state index contributed by atoms with van der Waals surface area (Å²) in [5.41, 5.74) is 0.756. The molecule has 0 fully saturated rings. The van der Waals surface area contributed by atoms with E-state index in [0.29, 0.717) is 12.4 Å². The van der Waals surface area contributed by atoms with Crippen molar-refractivity contribution in [1.29, 1.82) is 0 Å². The predicted octanol–water partition coefficient (Wildman–Crippen LogP) is 1.02. The first-order valence-corrected chi connectivity index (χ1v) is 6.84. The largest absolute Gasteiger partial charge is 0.367 e. The molecule has 16 heavy (non-hydrogen) atoms. The van der Waals surface area contributed by atoms with Gasteiger partial charge in [0.15, 0.2) is 9.84 Å². The van der Waals surface area contributed by atoms with E-state index in [1.54, 1.807) is 26.2 Å². The van der Waals surface area contributed by atoms with Crippen LogP contribution in [-0.2, 0) is 9.84 Å². The Kier molecular flexibility index (Phi) is 3.52. The molecule has 90 valence electrons. The lowest BCUT2D eigenvalue weighted by atomic mass is 10.2. The maximum absolute atomic E-state index is 11.5. The van der Waals surface area contributed by atoms with Gasteiger partial charge in [0.05, 0.1) is 10.4 Å². The Morgan fingerprint density at radius 3 is 2.38 bits per heavy atom. The number of nitrogens with zero attached hydrogens (tertiary/aromatic N) is 2. The van der Waals surface area contributed by atoms with Crippen LogP contribution in [0, 0.1) is 6.92 Å². The van der Waals surface area contributed by atoms with Crippen molar-refractivity contribution in [2.75, 3.05) is 18.1 Å². The molecule has 0 aliphatic carbocycles. The molecule has 0 bridgehead atoms. The van der Waals surface area contributed by atoms with Crippen LogP contribution in [0.25, 0.3) is 0 Å². The van der Waals surface area contributed by atoms with Gasteiger partial charge in [-0.05, 0) is 20.8 Å². The molecular formula is C10H17N3O2S. The van der Waals surface area contributed by atoms with E-state index in [0.717, 1.165) is 5.69 Å². The Balaban J connectivity index is 2.77. The minimum atomic E-state index is -3.10. The van der Waals surface area contributed by atoms with Crippen LogP contribution in [-0.4, -0.2) is 35.9 Å². The average Bonchev–Trinajstić information content (AvgIpc) is 2.15. The standard InChI is InChI=1S/C10H17N3O2S/c1-8-9(12-6-5-11-8)13-7-10(2,3)16(4,14)15/h5-6H,7H2,1-4H3,(H,12,13). The number of sulfone groups is 1. The molecule has 0 aliphatic heterocycles. The minimum absolute atomic E-state index is 0.311. The molecule has 0 amide bonds. The Morgan fingerprint density at radius 1 is 1.31 bits per heavy atom. The normalized spacial score (nSPS) is 12.5. The van der Waals surface area contributed by atoms with Gasteiger partial charge in [0.25, 0.3) is 0 Å². The Hall–Kier alpha value is -1.17. The molecule has 1 aromatic rings. The molecule has 5 nitrogen and oxygen atoms in total. The second-order valence-electron chi connectivity index (χ2n) is 4.38. The Morgan fingerprint density at radius 2 is 1.88 bits per heavy atom. The van der Waals surface area contributed by atoms with Gasteiger partial charge in [-0.25, -0.2) is 13.4 Å². The van der Waals surface area contributed by atoms with Gasteiger partial charge < -0.3 is 5.32 Å². The third-order valence-electron chi connectivity index (χ3n) is 2.57. The molecule has 6 heteroatoms. The monoisotopic (exact) mass is 243 g/mol. The first-order valence-electron chi connectivity index (χ1n) is 4.95. The van der Waals surface area contributed by atoms with Gasteiger partial charge in [-0.15, -0.1) is 0 Å². The second kappa shape index (κ2) is 4.37. The number of aromatic nitrogens is 2. The van der Waals surface area contributed by atoms with Gasteiger partial charge in [0, 0.05) is 25.2 Å². The molecule has 1 N–H and O–H groups in total. The Labute approximate surface area is 96.2 Å². The molecule has 0 spiro atoms. The lowest BCUT2D eigenvalue weighted by Crippen LogP contribution is -2.38. The van der Waals surface area contributed by atoms with Crippen LogP contribution in [0.1, 0.15) is 19.5 Å². The first kappa shape index (κ1) is 12.9. The van der Waals surface area contributed by atoms with E-state index in [2.05, 4.69) is 15.3 Å². The summed E-state index contributed by atoms with van der Waals surface area (Å²) < 4.78 is 22.1. The maximum atomic E-state index is 11.5. The van der Waals surface area contributed by atoms with Gasteiger partial charge in [0.1, 0.15) is 5.82 Å². The van der Waals surface area contributed by atoms with Gasteiger partial charge in [-0.2, -0.15) is 0 Å². The summed E-state index contributed by atoms with van der Waals surface area (Å²) in [7, 11) is -3.10. The molecule has 0 aliphatic rings. The fourth-order valence-electron chi connectivity index (χ4n) is 1.01. The van der Waals surface area contributed by atoms with Gasteiger partial charge in [-0.1, -0.05) is 0 Å². The van der Waals surface area contributed by atoms with Crippen molar-refractivity contribution in [3.63, 3.8) is 0 Å². The average molecular weight is 243 g/mol. The fraction of sp³-hybridized carbons (Fsp3) is 0.600. The highest BCUT2D eigenvalue weighted by Crippen LogP contribution is 2.16. The number of aryl methyl sites for hydroxylation is 1. The molecule has 0 saturated heterocycles. The molecular weight excluding hydrogens is 226 g/mol. The molecule has 0 radical (unpaired) electrons. The lowest BCUT2D eigenvalue weighted by molar-refractivity contribution is 0.559. The third kappa shape index (κ3) is 2.91. The maximum Gasteiger partial charge on any atom is 0.154 e. The predicted molar refractivity (Wildman–Crippen MR) is 64.2 cm³/mol. The number of hydrogen-bond donors (Lipinski definition) is 1. The minimum Gasteiger partial charge on any atom is -0.367 e. The lowest BCUT2D eigenvalue weighted by Gasteiger charge is -2.23. The Bertz CT molecular complexity index is 469. The summed E-state index contributed by atoms with van der Waals surface area (Å²) in [6, 6.07) is 0. The highest BCUT2D eigenvalue weighted by atomic mass is 32.2. The molecule has 1 aromatic heterocycles. The first-order chi connectivity index (χ1) is 7.24. The molecule has 0 atom stereocenters. The van der Waals surface area contributed by atoms with Crippen molar-refractivity contribution in [2.45, 2.75) is 25.5 Å². The van der Waals surface area contributed by atoms with Crippen LogP contribution >= 0.6 is 0 Å². The molecule has 0 aromatic carbocycles. The summed E-state index contributed by atoms with van der Waals surface area (Å²) >= 11 is 0. The highest BCUT2D eigenvalue weighted by molar-refractivity contribution is 7.92. The number of rotatable bonds is 4. The summed E-state index contributed by atoms with van der Waals surface area (Å²) in [6.07, 6.45) is 4.41. The van der Waals surface area contributed by atoms with Gasteiger partial charge in [-0.3, -0.25) is 4.98 Å². The van der Waals surface area contributed by atoms with Crippen LogP contribution < -0.4 is 5.32 Å². The van der Waals surface area contributed by atoms with Gasteiger partial charge >= 0.3 is 0 Å². The van der Waals surface area contributed by atoms with E-state index in [4.69, 9.17) is 0 Å². The summed E-state index contributed by atoms with van der Waals surface area (Å²) in [5.74, 6) is 0.624. The number of hydrogen-bond acceptors (Lipinski definition) is 5. The topological polar surface area (TPSA) is 72.0 Å². The molecule has 1 rings (SSSR count). The number of nitrogens with one attached hydrogen (secondary N) is 1. The van der Waals surface area contributed by atoms with E-state index in [-0.39, 0.29) is 0 Å². The summed E-state index contributed by atoms with van der Waals surface area (Å²) in [6.45, 7) is 5.50. The smallest absolute Gasteiger partial charge is 0.154 e. The second-order valence-corrected chi connectivity index (χ2v) is 7.03. The van der Waals surface area contributed by atoms with Crippen LogP contribution in [0.4, 0.5) is 5.82 Å². The van der Waals surface area contributed by atoms with E-state index >= 15 is 0 Å². The highest BCUT2D eigenvalue weighted by Gasteiger charge is 2.30. The van der Waals surface area contributed by atoms with Crippen molar-refractivity contribution in [2.24, 2.45) is 0 Å². The van der Waals surface area contributed by atoms with Crippen LogP contribution in [0.3, 0.4) is 0 Å². The van der Waals surface area contributed by atoms with Crippen LogP contribution in [0.2, 0.25) is 0 Å². The van der Waals surface area contributed by atoms with Crippen molar-refractivity contribution in [3.05, 3.63) is 18.1 Å². The quantitative estimate of drug-likeness (QED) is 0.854. The van der Waals surface area contributed by atoms with Crippen LogP contribution in [0.5, 0.6) is 0 Å². The van der Waals surface area contributed by atoms with E-state index < -0.39 is 14.6 Å². The molecule has 0 unspecified atom stereocenters. The molecule has 0 saturated carbocycles. The van der Waals surface area contributed by atoms with Gasteiger partial charge in [0.2, 0.25) is 0 Å². The van der Waals surface area contributed by atoms with E-state index in [1.165, 1.54) is 6.26 Å². The number of anilines is 1. The molecule has 1 heterocycles. The summed E-state index contributed by atoms with van der Waals surface area (Å²) in [4.78, 5) is 8.16. The third-order valence-corrected chi connectivity index (χ3v) is 4.72. The zero-order valence-electron chi connectivity index (χ0n) is 9.98. The zero-order valence-corrected chi connectivity index (χ0v) is 10.8. The van der Waals surface area contributed by atoms with Crippen LogP contribution in [0.15, 0.2) is 12.4 Å². The fourth-order valence-corrected chi connectivity index (χ4v) is 1.34. The van der Waals surface area contributed by atoms with Crippen molar-refractivity contribution in [3.8, 4) is 0 Å². The van der Waals surface area contributed by atoms with Crippen molar-refractivity contribution in [1.82, 2.24) is 9.97 Å². The van der Waals surface area contributed by atoms with Crippen molar-refractivity contribution >= 4 is 15.7 Å². The zero-order chi connectivity index (χ0) is 12.4. The van der Waals surface area contributed by atoms with E-state index in [1.807, 2.05) is 6.92 Å². The van der Waals surface area contributed by atoms with Crippen molar-refractivity contribution < 1.29 is 8.42 Å². The SMILES string of the molecule is Cc1nccnc1NCC(C)(C)S(C)(=O)=O. The summed E-state index contributed by atoms with van der Waals surface area (Å²) in [5, 5.41) is 3.01. The van der Waals surface area contributed by atoms with E-state index in [9.17, 15) is 8.42 Å².